The van der Waals surface area contributed by atoms with E-state index in [0.29, 0.717) is 17.4 Å². The number of nitrogens with one attached hydrogen (secondary N) is 1. The maximum Gasteiger partial charge on any atom is 0.261 e. The Labute approximate surface area is 130 Å². The van der Waals surface area contributed by atoms with Crippen LogP contribution in [-0.2, 0) is 16.1 Å². The highest BCUT2D eigenvalue weighted by atomic mass is 32.1. The van der Waals surface area contributed by atoms with E-state index in [0.717, 1.165) is 5.56 Å². The minimum Gasteiger partial charge on any atom is -0.299 e. The van der Waals surface area contributed by atoms with Crippen molar-refractivity contribution in [1.82, 2.24) is 15.2 Å². The van der Waals surface area contributed by atoms with Gasteiger partial charge in [-0.15, -0.1) is 10.2 Å². The number of benzene rings is 1. The minimum atomic E-state index is -0.910. The maximum absolute atomic E-state index is 12.4. The van der Waals surface area contributed by atoms with Crippen LogP contribution in [-0.4, -0.2) is 32.7 Å². The number of hydrogen-bond donors (Lipinski definition) is 1. The zero-order valence-electron chi connectivity index (χ0n) is 11.8. The van der Waals surface area contributed by atoms with Crippen molar-refractivity contribution >= 4 is 34.0 Å². The molecule has 2 heterocycles. The summed E-state index contributed by atoms with van der Waals surface area (Å²) in [5, 5.41) is 15.9. The standard InChI is InChI=1S/C14H13N5O2S/c1-9-11(12(20)16-14-17-15-8-22-14)13(21)19(18-9)7-10-5-3-2-4-6-10/h2-6,8,11H,7H2,1H3,(H,16,17,20). The van der Waals surface area contributed by atoms with Gasteiger partial charge in [-0.2, -0.15) is 5.10 Å². The molecule has 8 heteroatoms. The van der Waals surface area contributed by atoms with E-state index >= 15 is 0 Å². The SMILES string of the molecule is CC1=NN(Cc2ccccc2)C(=O)C1C(=O)Nc1nncs1. The Morgan fingerprint density at radius 3 is 2.82 bits per heavy atom. The lowest BCUT2D eigenvalue weighted by Crippen LogP contribution is -2.36. The van der Waals surface area contributed by atoms with Gasteiger partial charge in [0.15, 0.2) is 5.92 Å². The largest absolute Gasteiger partial charge is 0.299 e. The first-order chi connectivity index (χ1) is 10.6. The predicted octanol–water partition coefficient (Wildman–Crippen LogP) is 1.51. The van der Waals surface area contributed by atoms with Crippen LogP contribution in [0.3, 0.4) is 0 Å². The topological polar surface area (TPSA) is 87.5 Å². The summed E-state index contributed by atoms with van der Waals surface area (Å²) < 4.78 is 0. The zero-order valence-corrected chi connectivity index (χ0v) is 12.6. The van der Waals surface area contributed by atoms with E-state index in [1.807, 2.05) is 30.3 Å². The molecule has 2 amide bonds. The fourth-order valence-electron chi connectivity index (χ4n) is 2.20. The summed E-state index contributed by atoms with van der Waals surface area (Å²) in [6.07, 6.45) is 0. The van der Waals surface area contributed by atoms with E-state index in [-0.39, 0.29) is 5.91 Å². The van der Waals surface area contributed by atoms with E-state index in [9.17, 15) is 9.59 Å². The molecule has 1 unspecified atom stereocenters. The fraction of sp³-hybridized carbons (Fsp3) is 0.214. The van der Waals surface area contributed by atoms with Gasteiger partial charge in [-0.25, -0.2) is 5.01 Å². The van der Waals surface area contributed by atoms with Crippen LogP contribution in [0.25, 0.3) is 0 Å². The van der Waals surface area contributed by atoms with E-state index in [1.165, 1.54) is 21.9 Å². The number of aromatic nitrogens is 2. The first kappa shape index (κ1) is 14.3. The smallest absolute Gasteiger partial charge is 0.261 e. The molecule has 1 aromatic carbocycles. The van der Waals surface area contributed by atoms with Crippen molar-refractivity contribution in [3.05, 3.63) is 41.4 Å². The number of carbonyl (C=O) groups is 2. The minimum absolute atomic E-state index is 0.330. The Kier molecular flexibility index (Phi) is 3.92. The molecule has 1 atom stereocenters. The molecule has 1 aliphatic rings. The van der Waals surface area contributed by atoms with Crippen LogP contribution in [0, 0.1) is 5.92 Å². The van der Waals surface area contributed by atoms with Crippen LogP contribution in [0.4, 0.5) is 5.13 Å². The average Bonchev–Trinajstić information content (AvgIpc) is 3.09. The molecule has 0 saturated carbocycles. The molecule has 7 nitrogen and oxygen atoms in total. The maximum atomic E-state index is 12.4. The third kappa shape index (κ3) is 2.86. The number of amides is 2. The molecular formula is C14H13N5O2S. The molecule has 0 spiro atoms. The molecule has 0 bridgehead atoms. The highest BCUT2D eigenvalue weighted by molar-refractivity contribution is 7.13. The number of hydrazone groups is 1. The van der Waals surface area contributed by atoms with Crippen LogP contribution in [0.15, 0.2) is 40.9 Å². The first-order valence-corrected chi connectivity index (χ1v) is 7.50. The molecular weight excluding hydrogens is 302 g/mol. The van der Waals surface area contributed by atoms with Crippen molar-refractivity contribution < 1.29 is 9.59 Å². The van der Waals surface area contributed by atoms with Gasteiger partial charge in [0, 0.05) is 0 Å². The summed E-state index contributed by atoms with van der Waals surface area (Å²) in [4.78, 5) is 24.6. The highest BCUT2D eigenvalue weighted by Crippen LogP contribution is 2.20. The Morgan fingerprint density at radius 1 is 1.36 bits per heavy atom. The van der Waals surface area contributed by atoms with Crippen LogP contribution >= 0.6 is 11.3 Å². The Morgan fingerprint density at radius 2 is 2.14 bits per heavy atom. The fourth-order valence-corrected chi connectivity index (χ4v) is 2.65. The predicted molar refractivity (Wildman–Crippen MR) is 82.1 cm³/mol. The average molecular weight is 315 g/mol. The number of nitrogens with zero attached hydrogens (tertiary/aromatic N) is 4. The van der Waals surface area contributed by atoms with Crippen LogP contribution in [0.1, 0.15) is 12.5 Å². The second kappa shape index (κ2) is 6.02. The summed E-state index contributed by atoms with van der Waals surface area (Å²) in [5.74, 6) is -1.67. The third-order valence-electron chi connectivity index (χ3n) is 3.23. The summed E-state index contributed by atoms with van der Waals surface area (Å²) in [5.41, 5.74) is 2.94. The lowest BCUT2D eigenvalue weighted by atomic mass is 10.0. The quantitative estimate of drug-likeness (QED) is 0.866. The highest BCUT2D eigenvalue weighted by Gasteiger charge is 2.39. The van der Waals surface area contributed by atoms with Crippen molar-refractivity contribution in [2.75, 3.05) is 5.32 Å². The molecule has 0 saturated heterocycles. The van der Waals surface area contributed by atoms with Gasteiger partial charge >= 0.3 is 0 Å². The Balaban J connectivity index is 1.71. The molecule has 1 aromatic heterocycles. The monoisotopic (exact) mass is 315 g/mol. The number of rotatable bonds is 4. The van der Waals surface area contributed by atoms with E-state index in [4.69, 9.17) is 0 Å². The normalized spacial score (nSPS) is 17.5. The van der Waals surface area contributed by atoms with Gasteiger partial charge in [0.2, 0.25) is 11.0 Å². The zero-order chi connectivity index (χ0) is 15.5. The van der Waals surface area contributed by atoms with Gasteiger partial charge in [-0.05, 0) is 12.5 Å². The van der Waals surface area contributed by atoms with Gasteiger partial charge in [-0.1, -0.05) is 41.7 Å². The number of carbonyl (C=O) groups excluding carboxylic acids is 2. The first-order valence-electron chi connectivity index (χ1n) is 6.62. The van der Waals surface area contributed by atoms with E-state index in [2.05, 4.69) is 20.6 Å². The number of anilines is 1. The molecule has 1 aliphatic heterocycles. The lowest BCUT2D eigenvalue weighted by Gasteiger charge is -2.13. The van der Waals surface area contributed by atoms with Crippen LogP contribution in [0.2, 0.25) is 0 Å². The summed E-state index contributed by atoms with van der Waals surface area (Å²) in [7, 11) is 0. The van der Waals surface area contributed by atoms with E-state index in [1.54, 1.807) is 6.92 Å². The van der Waals surface area contributed by atoms with Gasteiger partial charge < -0.3 is 0 Å². The van der Waals surface area contributed by atoms with Crippen molar-refractivity contribution in [2.24, 2.45) is 11.0 Å². The van der Waals surface area contributed by atoms with Crippen molar-refractivity contribution in [3.63, 3.8) is 0 Å². The van der Waals surface area contributed by atoms with Gasteiger partial charge in [-0.3, -0.25) is 14.9 Å². The molecule has 112 valence electrons. The van der Waals surface area contributed by atoms with Gasteiger partial charge in [0.1, 0.15) is 5.51 Å². The second-order valence-electron chi connectivity index (χ2n) is 4.79. The Hall–Kier alpha value is -2.61. The summed E-state index contributed by atoms with van der Waals surface area (Å²) in [6, 6.07) is 9.51. The second-order valence-corrected chi connectivity index (χ2v) is 5.62. The van der Waals surface area contributed by atoms with Gasteiger partial charge in [0.05, 0.1) is 12.3 Å². The van der Waals surface area contributed by atoms with E-state index < -0.39 is 11.8 Å². The molecule has 1 N–H and O–H groups in total. The molecule has 3 rings (SSSR count). The van der Waals surface area contributed by atoms with Crippen LogP contribution < -0.4 is 5.32 Å². The van der Waals surface area contributed by atoms with Crippen molar-refractivity contribution in [3.8, 4) is 0 Å². The molecule has 2 aromatic rings. The van der Waals surface area contributed by atoms with Crippen molar-refractivity contribution in [2.45, 2.75) is 13.5 Å². The van der Waals surface area contributed by atoms with Crippen molar-refractivity contribution in [1.29, 1.82) is 0 Å². The Bertz CT molecular complexity index is 714. The summed E-state index contributed by atoms with van der Waals surface area (Å²) >= 11 is 1.20. The lowest BCUT2D eigenvalue weighted by molar-refractivity contribution is -0.136. The molecule has 0 aliphatic carbocycles. The number of hydrogen-bond acceptors (Lipinski definition) is 6. The van der Waals surface area contributed by atoms with Crippen LogP contribution in [0.5, 0.6) is 0 Å². The third-order valence-corrected chi connectivity index (χ3v) is 3.83. The van der Waals surface area contributed by atoms with Gasteiger partial charge in [0.25, 0.3) is 5.91 Å². The molecule has 0 radical (unpaired) electrons. The summed E-state index contributed by atoms with van der Waals surface area (Å²) in [6.45, 7) is 2.02. The molecule has 22 heavy (non-hydrogen) atoms. The molecule has 0 fully saturated rings.